The number of carbonyl (C=O) groups excluding carboxylic acids is 1. The van der Waals surface area contributed by atoms with Crippen molar-refractivity contribution in [3.63, 3.8) is 0 Å². The Balaban J connectivity index is 2.20. The van der Waals surface area contributed by atoms with E-state index in [2.05, 4.69) is 45.2 Å². The lowest BCUT2D eigenvalue weighted by molar-refractivity contribution is -0.131. The van der Waals surface area contributed by atoms with Crippen molar-refractivity contribution in [2.24, 2.45) is 0 Å². The molecule has 1 aromatic rings. The number of carboxylic acids is 1. The maximum Gasteiger partial charge on any atom is 0.328 e. The van der Waals surface area contributed by atoms with Gasteiger partial charge in [-0.25, -0.2) is 4.79 Å². The van der Waals surface area contributed by atoms with Crippen LogP contribution in [0.2, 0.25) is 0 Å². The molecule has 2 N–H and O–H groups in total. The topological polar surface area (TPSA) is 66.4 Å². The van der Waals surface area contributed by atoms with E-state index in [0.717, 1.165) is 37.8 Å². The third-order valence-corrected chi connectivity index (χ3v) is 6.74. The third-order valence-electron chi connectivity index (χ3n) is 6.74. The molecule has 0 spiro atoms. The Morgan fingerprint density at radius 1 is 1.06 bits per heavy atom. The standard InChI is InChI=1S/C27H35NO3/c1-17(15-23(30)31)9-7-10-19-11-8-12-20-21(19)16-22-24(25(20)28-18(2)29)27(5,6)14-13-26(22,3)4/h7,9-10,15-16H,8,11-14H2,1-6H3,(H,28,29)(H,30,31). The van der Waals surface area contributed by atoms with Crippen LogP contribution < -0.4 is 5.32 Å². The Labute approximate surface area is 186 Å². The summed E-state index contributed by atoms with van der Waals surface area (Å²) in [5, 5.41) is 12.1. The monoisotopic (exact) mass is 421 g/mol. The second-order valence-corrected chi connectivity index (χ2v) is 10.3. The summed E-state index contributed by atoms with van der Waals surface area (Å²) >= 11 is 0. The van der Waals surface area contributed by atoms with Crippen molar-refractivity contribution in [3.8, 4) is 0 Å². The summed E-state index contributed by atoms with van der Waals surface area (Å²) in [5.74, 6) is -0.963. The fraction of sp³-hybridized carbons (Fsp3) is 0.481. The lowest BCUT2D eigenvalue weighted by atomic mass is 9.61. The molecule has 3 rings (SSSR count). The SMILES string of the molecule is CC(=O)Nc1c2c(cc3c1C(C)(C)CCC3(C)C)C(=CC=CC(C)=CC(=O)O)CCC2. The first-order valence-electron chi connectivity index (χ1n) is 11.2. The summed E-state index contributed by atoms with van der Waals surface area (Å²) in [6.45, 7) is 12.6. The molecule has 0 radical (unpaired) electrons. The van der Waals surface area contributed by atoms with Gasteiger partial charge in [0.1, 0.15) is 0 Å². The highest BCUT2D eigenvalue weighted by atomic mass is 16.4. The van der Waals surface area contributed by atoms with Crippen molar-refractivity contribution < 1.29 is 14.7 Å². The molecule has 0 aromatic heterocycles. The number of rotatable bonds is 4. The average molecular weight is 422 g/mol. The quantitative estimate of drug-likeness (QED) is 0.443. The normalized spacial score (nSPS) is 21.0. The maximum absolute atomic E-state index is 12.2. The number of amides is 1. The zero-order valence-corrected chi connectivity index (χ0v) is 19.7. The van der Waals surface area contributed by atoms with Crippen LogP contribution in [0.1, 0.15) is 89.5 Å². The van der Waals surface area contributed by atoms with E-state index in [0.29, 0.717) is 5.57 Å². The molecule has 2 aliphatic carbocycles. The van der Waals surface area contributed by atoms with E-state index in [1.807, 2.05) is 12.2 Å². The van der Waals surface area contributed by atoms with Crippen LogP contribution >= 0.6 is 0 Å². The molecule has 0 bridgehead atoms. The summed E-state index contributed by atoms with van der Waals surface area (Å²) in [5.41, 5.74) is 8.13. The number of carboxylic acid groups (broad SMARTS) is 1. The van der Waals surface area contributed by atoms with Crippen molar-refractivity contribution in [2.45, 2.75) is 84.5 Å². The van der Waals surface area contributed by atoms with Crippen LogP contribution in [-0.4, -0.2) is 17.0 Å². The second-order valence-electron chi connectivity index (χ2n) is 10.3. The van der Waals surface area contributed by atoms with E-state index in [9.17, 15) is 9.59 Å². The first-order chi connectivity index (χ1) is 14.4. The molecule has 1 amide bonds. The molecule has 31 heavy (non-hydrogen) atoms. The van der Waals surface area contributed by atoms with Crippen LogP contribution in [0.4, 0.5) is 5.69 Å². The van der Waals surface area contributed by atoms with E-state index >= 15 is 0 Å². The Kier molecular flexibility index (Phi) is 6.31. The molecule has 0 aliphatic heterocycles. The van der Waals surface area contributed by atoms with Crippen molar-refractivity contribution in [1.82, 2.24) is 0 Å². The largest absolute Gasteiger partial charge is 0.478 e. The van der Waals surface area contributed by atoms with E-state index in [4.69, 9.17) is 5.11 Å². The van der Waals surface area contributed by atoms with Gasteiger partial charge < -0.3 is 10.4 Å². The minimum atomic E-state index is -0.936. The molecule has 4 heteroatoms. The molecule has 1 aromatic carbocycles. The Hall–Kier alpha value is -2.62. The van der Waals surface area contributed by atoms with Crippen molar-refractivity contribution in [2.75, 3.05) is 5.32 Å². The fourth-order valence-corrected chi connectivity index (χ4v) is 5.03. The van der Waals surface area contributed by atoms with E-state index in [-0.39, 0.29) is 16.7 Å². The summed E-state index contributed by atoms with van der Waals surface area (Å²) < 4.78 is 0. The van der Waals surface area contributed by atoms with Crippen LogP contribution in [0.25, 0.3) is 5.57 Å². The number of benzene rings is 1. The number of anilines is 1. The number of nitrogens with one attached hydrogen (secondary N) is 1. The maximum atomic E-state index is 12.2. The first-order valence-corrected chi connectivity index (χ1v) is 11.2. The fourth-order valence-electron chi connectivity index (χ4n) is 5.03. The predicted octanol–water partition coefficient (Wildman–Crippen LogP) is 6.30. The van der Waals surface area contributed by atoms with Crippen LogP contribution in [-0.2, 0) is 26.8 Å². The molecule has 0 heterocycles. The number of aliphatic carboxylic acids is 1. The van der Waals surface area contributed by atoms with Crippen LogP contribution in [0.15, 0.2) is 35.9 Å². The van der Waals surface area contributed by atoms with Crippen molar-refractivity contribution in [1.29, 1.82) is 0 Å². The lowest BCUT2D eigenvalue weighted by Gasteiger charge is -2.44. The van der Waals surface area contributed by atoms with Gasteiger partial charge in [0.05, 0.1) is 0 Å². The third kappa shape index (κ3) is 4.84. The average Bonchev–Trinajstić information content (AvgIpc) is 2.64. The van der Waals surface area contributed by atoms with Gasteiger partial charge >= 0.3 is 5.97 Å². The number of fused-ring (bicyclic) bond motifs is 2. The molecular formula is C27H35NO3. The Bertz CT molecular complexity index is 1010. The molecule has 0 fully saturated rings. The van der Waals surface area contributed by atoms with Crippen LogP contribution in [0.5, 0.6) is 0 Å². The summed E-state index contributed by atoms with van der Waals surface area (Å²) in [4.78, 5) is 23.0. The number of hydrogen-bond acceptors (Lipinski definition) is 2. The zero-order valence-electron chi connectivity index (χ0n) is 19.7. The molecule has 0 atom stereocenters. The van der Waals surface area contributed by atoms with Gasteiger partial charge in [0.2, 0.25) is 5.91 Å². The van der Waals surface area contributed by atoms with Gasteiger partial charge in [0.15, 0.2) is 0 Å². The summed E-state index contributed by atoms with van der Waals surface area (Å²) in [6, 6.07) is 2.37. The molecule has 0 saturated heterocycles. The van der Waals surface area contributed by atoms with Crippen LogP contribution in [0, 0.1) is 0 Å². The molecule has 2 aliphatic rings. The van der Waals surface area contributed by atoms with E-state index in [1.165, 1.54) is 33.9 Å². The molecule has 4 nitrogen and oxygen atoms in total. The Morgan fingerprint density at radius 3 is 2.39 bits per heavy atom. The highest BCUT2D eigenvalue weighted by Gasteiger charge is 2.41. The summed E-state index contributed by atoms with van der Waals surface area (Å²) in [7, 11) is 0. The molecular weight excluding hydrogens is 386 g/mol. The minimum absolute atomic E-state index is 0.0115. The number of allylic oxidation sites excluding steroid dienone is 5. The second kappa shape index (κ2) is 8.49. The molecule has 0 saturated carbocycles. The van der Waals surface area contributed by atoms with Gasteiger partial charge in [-0.1, -0.05) is 52.0 Å². The smallest absolute Gasteiger partial charge is 0.328 e. The van der Waals surface area contributed by atoms with Gasteiger partial charge in [-0.05, 0) is 83.3 Å². The van der Waals surface area contributed by atoms with Crippen molar-refractivity contribution >= 4 is 23.1 Å². The van der Waals surface area contributed by atoms with Crippen LogP contribution in [0.3, 0.4) is 0 Å². The Morgan fingerprint density at radius 2 is 1.74 bits per heavy atom. The number of hydrogen-bond donors (Lipinski definition) is 2. The predicted molar refractivity (Wildman–Crippen MR) is 127 cm³/mol. The molecule has 166 valence electrons. The van der Waals surface area contributed by atoms with Gasteiger partial charge in [-0.3, -0.25) is 4.79 Å². The minimum Gasteiger partial charge on any atom is -0.478 e. The zero-order chi connectivity index (χ0) is 23.0. The van der Waals surface area contributed by atoms with Gasteiger partial charge in [0.25, 0.3) is 0 Å². The number of carbonyl (C=O) groups is 2. The molecule has 0 unspecified atom stereocenters. The highest BCUT2D eigenvalue weighted by Crippen LogP contribution is 2.52. The van der Waals surface area contributed by atoms with Gasteiger partial charge in [0, 0.05) is 18.7 Å². The van der Waals surface area contributed by atoms with E-state index < -0.39 is 5.97 Å². The highest BCUT2D eigenvalue weighted by molar-refractivity contribution is 5.93. The van der Waals surface area contributed by atoms with Gasteiger partial charge in [-0.15, -0.1) is 0 Å². The van der Waals surface area contributed by atoms with Crippen molar-refractivity contribution in [3.05, 3.63) is 58.2 Å². The van der Waals surface area contributed by atoms with Gasteiger partial charge in [-0.2, -0.15) is 0 Å². The first kappa shape index (κ1) is 23.1. The van der Waals surface area contributed by atoms with E-state index in [1.54, 1.807) is 13.8 Å². The summed E-state index contributed by atoms with van der Waals surface area (Å²) in [6.07, 6.45) is 12.2. The lowest BCUT2D eigenvalue weighted by Crippen LogP contribution is -2.36.